The third kappa shape index (κ3) is 3.97. The number of aryl methyl sites for hydroxylation is 4. The van der Waals surface area contributed by atoms with E-state index in [1.54, 1.807) is 0 Å². The van der Waals surface area contributed by atoms with E-state index in [1.165, 1.54) is 44.5 Å². The van der Waals surface area contributed by atoms with E-state index in [-0.39, 0.29) is 0 Å². The lowest BCUT2D eigenvalue weighted by atomic mass is 10.1. The molecule has 2 radical (unpaired) electrons. The predicted molar refractivity (Wildman–Crippen MR) is 148 cm³/mol. The molecule has 2 N–H and O–H groups in total. The largest absolute Gasteiger partial charge is 0.355 e. The molecule has 3 aromatic rings. The minimum atomic E-state index is 0.995. The van der Waals surface area contributed by atoms with Crippen LogP contribution in [0.3, 0.4) is 0 Å². The molecule has 8 bridgehead atoms. The minimum Gasteiger partial charge on any atom is -0.355 e. The second-order valence-corrected chi connectivity index (χ2v) is 9.25. The summed E-state index contributed by atoms with van der Waals surface area (Å²) in [6, 6.07) is 8.72. The molecule has 0 unspecified atom stereocenters. The number of allylic oxidation sites excluding steroid dienone is 4. The first-order valence-electron chi connectivity index (χ1n) is 11.4. The fourth-order valence-electron chi connectivity index (χ4n) is 4.52. The highest BCUT2D eigenvalue weighted by atomic mass is 35.6. The summed E-state index contributed by atoms with van der Waals surface area (Å²) in [5.41, 5.74) is 18.4. The molecule has 0 fully saturated rings. The van der Waals surface area contributed by atoms with Crippen molar-refractivity contribution < 1.29 is 0 Å². The van der Waals surface area contributed by atoms with Crippen LogP contribution < -0.4 is 0 Å². The maximum atomic E-state index is 4.99. The van der Waals surface area contributed by atoms with Gasteiger partial charge in [-0.2, -0.15) is 0 Å². The molecule has 0 aliphatic carbocycles. The van der Waals surface area contributed by atoms with Gasteiger partial charge in [0.05, 0.1) is 22.8 Å². The first-order chi connectivity index (χ1) is 16.2. The number of hydrogen-bond acceptors (Lipinski definition) is 2. The third-order valence-corrected chi connectivity index (χ3v) is 7.55. The van der Waals surface area contributed by atoms with Gasteiger partial charge in [0.15, 0.2) is 0 Å². The number of nitrogens with zero attached hydrogens (tertiary/aromatic N) is 2. The lowest BCUT2D eigenvalue weighted by Gasteiger charge is -1.96. The number of aromatic nitrogens is 4. The molecule has 34 heavy (non-hydrogen) atoms. The van der Waals surface area contributed by atoms with Crippen LogP contribution in [0, 0.1) is 27.7 Å². The Morgan fingerprint density at radius 1 is 0.471 bits per heavy atom. The Kier molecular flexibility index (Phi) is 6.66. The van der Waals surface area contributed by atoms with E-state index in [2.05, 4.69) is 99.7 Å². The second-order valence-electron chi connectivity index (χ2n) is 9.25. The third-order valence-electron chi connectivity index (χ3n) is 7.55. The molecular weight excluding hydrogens is 455 g/mol. The van der Waals surface area contributed by atoms with E-state index in [9.17, 15) is 0 Å². The van der Waals surface area contributed by atoms with Crippen molar-refractivity contribution in [2.45, 2.75) is 55.4 Å². The first-order valence-corrected chi connectivity index (χ1v) is 13.2. The molecule has 5 heterocycles. The SMILES string of the molecule is CC1=C(C)c2cc3[nH]c(cc4[nH]c(cc5nc(cc1n2)C(C)=C5C)c(C)c4C)c(C)c3C.[Al][Cl]. The van der Waals surface area contributed by atoms with Crippen molar-refractivity contribution >= 4 is 69.8 Å². The summed E-state index contributed by atoms with van der Waals surface area (Å²) in [6.45, 7) is 17.3. The number of halogens is 1. The van der Waals surface area contributed by atoms with Gasteiger partial charge < -0.3 is 9.97 Å². The van der Waals surface area contributed by atoms with E-state index < -0.39 is 0 Å². The molecule has 2 aliphatic rings. The van der Waals surface area contributed by atoms with Crippen molar-refractivity contribution in [2.24, 2.45) is 0 Å². The number of nitrogens with one attached hydrogen (secondary N) is 2. The fraction of sp³-hybridized carbons (Fsp3) is 0.286. The molecule has 0 aromatic carbocycles. The molecule has 0 atom stereocenters. The molecule has 6 heteroatoms. The Labute approximate surface area is 213 Å². The standard InChI is InChI=1S/C28H30N4.Al.ClH/c1-13-14(2)22-10-24-17(5)18(6)26(31-24)12-28-20(8)19(7)27(32-28)11-25-16(4)15(3)23(30-25)9-21(13)29-22;;/h9-12,29-30H,1-8H3;;1H/q;+1;/p-1. The minimum absolute atomic E-state index is 0.995. The normalized spacial score (nSPS) is 13.3. The van der Waals surface area contributed by atoms with E-state index in [0.29, 0.717) is 0 Å². The van der Waals surface area contributed by atoms with Crippen molar-refractivity contribution in [3.63, 3.8) is 0 Å². The first kappa shape index (κ1) is 24.5. The van der Waals surface area contributed by atoms with Crippen LogP contribution in [0.1, 0.15) is 72.7 Å². The molecule has 2 aliphatic heterocycles. The number of H-pyrrole nitrogens is 2. The van der Waals surface area contributed by atoms with Gasteiger partial charge in [0.25, 0.3) is 15.4 Å². The highest BCUT2D eigenvalue weighted by Gasteiger charge is 2.17. The Balaban J connectivity index is 0.00000133. The number of hydrogen-bond donors (Lipinski definition) is 2. The van der Waals surface area contributed by atoms with Crippen LogP contribution in [0.25, 0.3) is 44.4 Å². The predicted octanol–water partition coefficient (Wildman–Crippen LogP) is 7.76. The van der Waals surface area contributed by atoms with Crippen LogP contribution >= 0.6 is 10.0 Å². The van der Waals surface area contributed by atoms with E-state index in [4.69, 9.17) is 9.97 Å². The zero-order valence-electron chi connectivity index (χ0n) is 21.2. The number of aromatic amines is 2. The quantitative estimate of drug-likeness (QED) is 0.320. The van der Waals surface area contributed by atoms with Gasteiger partial charge in [-0.1, -0.05) is 0 Å². The molecule has 172 valence electrons. The van der Waals surface area contributed by atoms with E-state index in [0.717, 1.165) is 44.8 Å². The van der Waals surface area contributed by atoms with Gasteiger partial charge in [0.1, 0.15) is 0 Å². The van der Waals surface area contributed by atoms with Gasteiger partial charge in [-0.25, -0.2) is 9.97 Å². The molecule has 4 nitrogen and oxygen atoms in total. The Morgan fingerprint density at radius 2 is 0.735 bits per heavy atom. The Morgan fingerprint density at radius 3 is 1.06 bits per heavy atom. The van der Waals surface area contributed by atoms with Crippen molar-refractivity contribution in [3.05, 3.63) is 69.3 Å². The zero-order valence-corrected chi connectivity index (χ0v) is 23.1. The fourth-order valence-corrected chi connectivity index (χ4v) is 4.52. The topological polar surface area (TPSA) is 57.4 Å². The monoisotopic (exact) mass is 484 g/mol. The molecule has 0 saturated heterocycles. The van der Waals surface area contributed by atoms with Crippen molar-refractivity contribution in [1.29, 1.82) is 0 Å². The van der Waals surface area contributed by atoms with Gasteiger partial charge >= 0.3 is 0 Å². The molecular formula is C28H30AlClN4. The van der Waals surface area contributed by atoms with Gasteiger partial charge in [0.2, 0.25) is 0 Å². The lowest BCUT2D eigenvalue weighted by molar-refractivity contribution is 1.25. The molecule has 0 amide bonds. The van der Waals surface area contributed by atoms with Crippen LogP contribution in [0.5, 0.6) is 0 Å². The Bertz CT molecular complexity index is 1440. The van der Waals surface area contributed by atoms with Gasteiger partial charge in [-0.3, -0.25) is 10.0 Å². The van der Waals surface area contributed by atoms with Crippen LogP contribution in [-0.2, 0) is 0 Å². The highest BCUT2D eigenvalue weighted by Crippen LogP contribution is 2.34. The van der Waals surface area contributed by atoms with Crippen LogP contribution in [0.4, 0.5) is 0 Å². The molecule has 5 rings (SSSR count). The van der Waals surface area contributed by atoms with Crippen LogP contribution in [0.15, 0.2) is 24.3 Å². The molecule has 3 aromatic heterocycles. The summed E-state index contributed by atoms with van der Waals surface area (Å²) >= 11 is 1.89. The number of rotatable bonds is 0. The van der Waals surface area contributed by atoms with Gasteiger partial charge in [-0.05, 0) is 124 Å². The molecule has 0 spiro atoms. The Hall–Kier alpha value is -2.58. The summed E-state index contributed by atoms with van der Waals surface area (Å²) in [5.74, 6) is 0. The smallest absolute Gasteiger partial charge is 0.293 e. The summed E-state index contributed by atoms with van der Waals surface area (Å²) in [5, 5.41) is 0. The second kappa shape index (κ2) is 9.23. The average Bonchev–Trinajstić information content (AvgIpc) is 3.44. The van der Waals surface area contributed by atoms with Crippen LogP contribution in [0.2, 0.25) is 0 Å². The molecule has 0 saturated carbocycles. The van der Waals surface area contributed by atoms with Gasteiger partial charge in [-0.15, -0.1) is 0 Å². The van der Waals surface area contributed by atoms with Crippen molar-refractivity contribution in [3.8, 4) is 0 Å². The number of fused-ring (bicyclic) bond motifs is 8. The van der Waals surface area contributed by atoms with E-state index in [1.807, 2.05) is 15.4 Å². The summed E-state index contributed by atoms with van der Waals surface area (Å²) in [6.07, 6.45) is 0. The van der Waals surface area contributed by atoms with Crippen molar-refractivity contribution in [2.75, 3.05) is 0 Å². The van der Waals surface area contributed by atoms with Crippen molar-refractivity contribution in [1.82, 2.24) is 19.9 Å². The maximum absolute atomic E-state index is 4.99. The summed E-state index contributed by atoms with van der Waals surface area (Å²) in [7, 11) is 4.56. The zero-order chi connectivity index (χ0) is 24.9. The van der Waals surface area contributed by atoms with Crippen LogP contribution in [-0.4, -0.2) is 35.3 Å². The average molecular weight is 485 g/mol. The van der Waals surface area contributed by atoms with E-state index >= 15 is 0 Å². The maximum Gasteiger partial charge on any atom is 0.293 e. The lowest BCUT2D eigenvalue weighted by Crippen LogP contribution is -1.82. The van der Waals surface area contributed by atoms with Gasteiger partial charge in [0, 0.05) is 22.1 Å². The highest BCUT2D eigenvalue weighted by molar-refractivity contribution is 6.80. The summed E-state index contributed by atoms with van der Waals surface area (Å²) < 4.78 is 0. The summed E-state index contributed by atoms with van der Waals surface area (Å²) in [4.78, 5) is 17.3.